The molecule has 3 aliphatic heterocycles. The highest BCUT2D eigenvalue weighted by atomic mass is 16.7. The van der Waals surface area contributed by atoms with Gasteiger partial charge in [-0.15, -0.1) is 0 Å². The number of rotatable bonds is 4. The lowest BCUT2D eigenvalue weighted by Crippen LogP contribution is -2.65. The Kier molecular flexibility index (Phi) is 6.07. The zero-order valence-electron chi connectivity index (χ0n) is 21.3. The first kappa shape index (κ1) is 23.9. The van der Waals surface area contributed by atoms with E-state index in [4.69, 9.17) is 23.5 Å². The summed E-state index contributed by atoms with van der Waals surface area (Å²) in [5, 5.41) is 0. The molecule has 6 rings (SSSR count). The molecule has 7 atom stereocenters. The maximum absolute atomic E-state index is 13.4. The van der Waals surface area contributed by atoms with E-state index >= 15 is 0 Å². The monoisotopic (exact) mass is 463 g/mol. The van der Waals surface area contributed by atoms with Crippen molar-refractivity contribution in [2.45, 2.75) is 122 Å². The Morgan fingerprint density at radius 2 is 1.91 bits per heavy atom. The molecule has 0 radical (unpaired) electrons. The van der Waals surface area contributed by atoms with E-state index in [9.17, 15) is 4.79 Å². The van der Waals surface area contributed by atoms with Gasteiger partial charge in [0.2, 0.25) is 0 Å². The second-order valence-electron chi connectivity index (χ2n) is 12.7. The average molecular weight is 463 g/mol. The minimum atomic E-state index is -0.565. The number of carbonyl (C=O) groups is 1. The normalized spacial score (nSPS) is 42.1. The van der Waals surface area contributed by atoms with Crippen molar-refractivity contribution < 1.29 is 28.3 Å². The molecule has 0 aromatic heterocycles. The van der Waals surface area contributed by atoms with Crippen molar-refractivity contribution in [2.75, 3.05) is 13.2 Å². The van der Waals surface area contributed by atoms with Crippen molar-refractivity contribution in [3.05, 3.63) is 0 Å². The Bertz CT molecular complexity index is 750. The molecule has 8 heteroatoms. The number of amides is 1. The number of ether oxygens (including phenoxy) is 3. The van der Waals surface area contributed by atoms with Gasteiger partial charge >= 0.3 is 13.2 Å². The molecule has 6 aliphatic rings. The van der Waals surface area contributed by atoms with E-state index in [2.05, 4.69) is 20.8 Å². The summed E-state index contributed by atoms with van der Waals surface area (Å²) in [6.07, 6.45) is 6.67. The van der Waals surface area contributed by atoms with Crippen LogP contribution in [0.4, 0.5) is 4.79 Å². The third-order valence-electron chi connectivity index (χ3n) is 9.05. The predicted molar refractivity (Wildman–Crippen MR) is 125 cm³/mol. The van der Waals surface area contributed by atoms with Gasteiger partial charge in [-0.05, 0) is 89.9 Å². The van der Waals surface area contributed by atoms with Crippen LogP contribution in [-0.2, 0) is 23.5 Å². The minimum absolute atomic E-state index is 0.0666. The molecule has 0 N–H and O–H groups in total. The lowest BCUT2D eigenvalue weighted by molar-refractivity contribution is -0.199. The molecule has 3 aliphatic carbocycles. The fourth-order valence-corrected chi connectivity index (χ4v) is 7.07. The van der Waals surface area contributed by atoms with E-state index in [1.165, 1.54) is 6.42 Å². The standard InChI is InChI=1S/C25H42BNO6/c1-23(2,3)31-22(28)27-17(15-30-21-9-7-8-12-29-21)10-11-20(27)26-32-19-14-16-13-18(24(16,4)5)25(19,6)33-26/h16-21H,7-15H2,1-6H3/t16?,17?,18?,19-,20?,21?,25+/m1/s1. The van der Waals surface area contributed by atoms with Crippen molar-refractivity contribution in [1.29, 1.82) is 0 Å². The van der Waals surface area contributed by atoms with Gasteiger partial charge in [-0.2, -0.15) is 0 Å². The molecule has 5 unspecified atom stereocenters. The van der Waals surface area contributed by atoms with Gasteiger partial charge in [-0.3, -0.25) is 0 Å². The molecule has 3 saturated heterocycles. The van der Waals surface area contributed by atoms with E-state index in [1.807, 2.05) is 25.7 Å². The summed E-state index contributed by atoms with van der Waals surface area (Å²) in [6.45, 7) is 13.9. The van der Waals surface area contributed by atoms with Crippen molar-refractivity contribution >= 4 is 13.2 Å². The molecule has 6 fully saturated rings. The number of hydrogen-bond donors (Lipinski definition) is 0. The van der Waals surface area contributed by atoms with Gasteiger partial charge in [0.05, 0.1) is 30.3 Å². The fraction of sp³-hybridized carbons (Fsp3) is 0.960. The summed E-state index contributed by atoms with van der Waals surface area (Å²) in [6, 6.07) is -0.0666. The van der Waals surface area contributed by atoms with Gasteiger partial charge in [0.1, 0.15) is 5.60 Å². The molecular weight excluding hydrogens is 421 g/mol. The minimum Gasteiger partial charge on any atom is -0.444 e. The van der Waals surface area contributed by atoms with Crippen molar-refractivity contribution in [1.82, 2.24) is 4.90 Å². The number of carbonyl (C=O) groups excluding carboxylic acids is 1. The van der Waals surface area contributed by atoms with Crippen LogP contribution in [-0.4, -0.2) is 66.9 Å². The number of nitrogens with zero attached hydrogens (tertiary/aromatic N) is 1. The first-order chi connectivity index (χ1) is 15.5. The van der Waals surface area contributed by atoms with E-state index in [0.29, 0.717) is 23.9 Å². The van der Waals surface area contributed by atoms with Crippen LogP contribution < -0.4 is 0 Å². The van der Waals surface area contributed by atoms with Gasteiger partial charge in [-0.1, -0.05) is 13.8 Å². The fourth-order valence-electron chi connectivity index (χ4n) is 7.07. The molecule has 33 heavy (non-hydrogen) atoms. The SMILES string of the molecule is CC(C)(C)OC(=O)N1C(COC2CCCCO2)CCC1B1O[C@@H]2CC3CC(C3(C)C)[C@]2(C)O1. The zero-order valence-corrected chi connectivity index (χ0v) is 21.3. The summed E-state index contributed by atoms with van der Waals surface area (Å²) < 4.78 is 31.0. The second kappa shape index (κ2) is 8.39. The maximum Gasteiger partial charge on any atom is 0.482 e. The highest BCUT2D eigenvalue weighted by Gasteiger charge is 2.69. The molecular formula is C25H42BNO6. The van der Waals surface area contributed by atoms with Gasteiger partial charge in [0.15, 0.2) is 6.29 Å². The van der Waals surface area contributed by atoms with Gasteiger partial charge < -0.3 is 28.4 Å². The van der Waals surface area contributed by atoms with Crippen LogP contribution in [0.2, 0.25) is 0 Å². The summed E-state index contributed by atoms with van der Waals surface area (Å²) in [5.41, 5.74) is -0.557. The second-order valence-corrected chi connectivity index (χ2v) is 12.7. The van der Waals surface area contributed by atoms with E-state index in [-0.39, 0.29) is 36.1 Å². The van der Waals surface area contributed by atoms with Gasteiger partial charge in [-0.25, -0.2) is 4.79 Å². The lowest BCUT2D eigenvalue weighted by atomic mass is 9.43. The van der Waals surface area contributed by atoms with Crippen molar-refractivity contribution in [2.24, 2.45) is 17.3 Å². The van der Waals surface area contributed by atoms with Crippen LogP contribution in [0.1, 0.15) is 86.5 Å². The third-order valence-corrected chi connectivity index (χ3v) is 9.05. The van der Waals surface area contributed by atoms with E-state index in [0.717, 1.165) is 45.1 Å². The Hall–Kier alpha value is -0.825. The highest BCUT2D eigenvalue weighted by Crippen LogP contribution is 2.66. The Labute approximate surface area is 199 Å². The van der Waals surface area contributed by atoms with Crippen LogP contribution >= 0.6 is 0 Å². The molecule has 2 bridgehead atoms. The van der Waals surface area contributed by atoms with Crippen molar-refractivity contribution in [3.8, 4) is 0 Å². The Morgan fingerprint density at radius 3 is 2.58 bits per heavy atom. The molecule has 3 saturated carbocycles. The first-order valence-electron chi connectivity index (χ1n) is 13.1. The molecule has 0 spiro atoms. The zero-order chi connectivity index (χ0) is 23.6. The molecule has 0 aromatic carbocycles. The molecule has 186 valence electrons. The van der Waals surface area contributed by atoms with Crippen LogP contribution in [0, 0.1) is 17.3 Å². The largest absolute Gasteiger partial charge is 0.482 e. The van der Waals surface area contributed by atoms with Crippen LogP contribution in [0.25, 0.3) is 0 Å². The summed E-state index contributed by atoms with van der Waals surface area (Å²) in [5.74, 6) is 1.03. The van der Waals surface area contributed by atoms with Crippen LogP contribution in [0.5, 0.6) is 0 Å². The molecule has 7 nitrogen and oxygen atoms in total. The van der Waals surface area contributed by atoms with E-state index < -0.39 is 12.7 Å². The predicted octanol–water partition coefficient (Wildman–Crippen LogP) is 4.57. The van der Waals surface area contributed by atoms with Crippen LogP contribution in [0.3, 0.4) is 0 Å². The van der Waals surface area contributed by atoms with Crippen molar-refractivity contribution in [3.63, 3.8) is 0 Å². The van der Waals surface area contributed by atoms with Crippen LogP contribution in [0.15, 0.2) is 0 Å². The summed E-state index contributed by atoms with van der Waals surface area (Å²) in [4.78, 5) is 15.2. The topological polar surface area (TPSA) is 66.5 Å². The number of likely N-dealkylation sites (tertiary alicyclic amines) is 1. The maximum atomic E-state index is 13.4. The Balaban J connectivity index is 1.31. The lowest BCUT2D eigenvalue weighted by Gasteiger charge is -2.64. The average Bonchev–Trinajstić information content (AvgIpc) is 3.31. The molecule has 0 aromatic rings. The summed E-state index contributed by atoms with van der Waals surface area (Å²) in [7, 11) is -0.418. The number of hydrogen-bond acceptors (Lipinski definition) is 6. The smallest absolute Gasteiger partial charge is 0.444 e. The Morgan fingerprint density at radius 1 is 1.12 bits per heavy atom. The molecule has 3 heterocycles. The summed E-state index contributed by atoms with van der Waals surface area (Å²) >= 11 is 0. The molecule has 1 amide bonds. The van der Waals surface area contributed by atoms with Gasteiger partial charge in [0, 0.05) is 6.61 Å². The first-order valence-corrected chi connectivity index (χ1v) is 13.1. The third kappa shape index (κ3) is 4.23. The quantitative estimate of drug-likeness (QED) is 0.570. The highest BCUT2D eigenvalue weighted by molar-refractivity contribution is 6.48. The van der Waals surface area contributed by atoms with Gasteiger partial charge in [0.25, 0.3) is 0 Å². The van der Waals surface area contributed by atoms with E-state index in [1.54, 1.807) is 0 Å².